The van der Waals surface area contributed by atoms with Crippen LogP contribution in [-0.2, 0) is 9.05 Å². The van der Waals surface area contributed by atoms with Gasteiger partial charge in [0.1, 0.15) is 4.90 Å². The molecule has 1 aromatic rings. The number of carbonyl (C=O) groups excluding carboxylic acids is 1. The number of para-hydroxylation sites is 1. The minimum Gasteiger partial charge on any atom is -0.326 e. The van der Waals surface area contributed by atoms with E-state index in [4.69, 9.17) is 10.7 Å². The lowest BCUT2D eigenvalue weighted by atomic mass is 10.3. The first-order chi connectivity index (χ1) is 7.91. The van der Waals surface area contributed by atoms with Gasteiger partial charge in [0.2, 0.25) is 0 Å². The topological polar surface area (TPSA) is 57.7 Å². The maximum Gasteiger partial charge on any atom is 0.324 e. The van der Waals surface area contributed by atoms with Crippen LogP contribution in [0.1, 0.15) is 0 Å². The average Bonchev–Trinajstić information content (AvgIpc) is 2.59. The Balaban J connectivity index is 2.50. The summed E-state index contributed by atoms with van der Waals surface area (Å²) in [5.74, 6) is 0. The van der Waals surface area contributed by atoms with Crippen molar-refractivity contribution in [3.05, 3.63) is 24.3 Å². The molecule has 0 spiro atoms. The molecular weight excluding hydrogens is 264 g/mol. The molecule has 0 radical (unpaired) electrons. The Hall–Kier alpha value is -1.27. The van der Waals surface area contributed by atoms with Crippen molar-refractivity contribution in [2.75, 3.05) is 25.0 Å². The van der Waals surface area contributed by atoms with E-state index >= 15 is 0 Å². The second-order valence-corrected chi connectivity index (χ2v) is 6.30. The fourth-order valence-corrected chi connectivity index (χ4v) is 2.82. The Morgan fingerprint density at radius 3 is 2.41 bits per heavy atom. The first-order valence-corrected chi connectivity index (χ1v) is 7.28. The van der Waals surface area contributed by atoms with Crippen LogP contribution in [0.15, 0.2) is 29.2 Å². The molecule has 2 rings (SSSR count). The number of urea groups is 1. The van der Waals surface area contributed by atoms with Crippen LogP contribution in [0.4, 0.5) is 10.5 Å². The van der Waals surface area contributed by atoms with Gasteiger partial charge in [-0.2, -0.15) is 0 Å². The summed E-state index contributed by atoms with van der Waals surface area (Å²) in [6.07, 6.45) is 0. The van der Waals surface area contributed by atoms with Crippen molar-refractivity contribution < 1.29 is 13.2 Å². The summed E-state index contributed by atoms with van der Waals surface area (Å²) in [4.78, 5) is 14.7. The lowest BCUT2D eigenvalue weighted by Gasteiger charge is -2.18. The summed E-state index contributed by atoms with van der Waals surface area (Å²) in [5.41, 5.74) is 0.330. The SMILES string of the molecule is CN1CCN(c2ccccc2S(=O)(=O)Cl)C1=O. The second-order valence-electron chi connectivity index (χ2n) is 3.76. The summed E-state index contributed by atoms with van der Waals surface area (Å²) >= 11 is 0. The van der Waals surface area contributed by atoms with Gasteiger partial charge in [0.25, 0.3) is 9.05 Å². The van der Waals surface area contributed by atoms with Crippen LogP contribution in [0, 0.1) is 0 Å². The van der Waals surface area contributed by atoms with E-state index in [1.165, 1.54) is 15.9 Å². The van der Waals surface area contributed by atoms with E-state index in [-0.39, 0.29) is 10.9 Å². The van der Waals surface area contributed by atoms with E-state index in [9.17, 15) is 13.2 Å². The number of carbonyl (C=O) groups is 1. The Bertz CT molecular complexity index is 558. The molecule has 1 fully saturated rings. The third-order valence-corrected chi connectivity index (χ3v) is 4.00. The summed E-state index contributed by atoms with van der Waals surface area (Å²) in [6, 6.07) is 5.99. The maximum absolute atomic E-state index is 11.8. The van der Waals surface area contributed by atoms with E-state index in [1.807, 2.05) is 0 Å². The monoisotopic (exact) mass is 274 g/mol. The highest BCUT2D eigenvalue weighted by Crippen LogP contribution is 2.29. The molecule has 0 aromatic heterocycles. The first-order valence-electron chi connectivity index (χ1n) is 4.97. The summed E-state index contributed by atoms with van der Waals surface area (Å²) in [5, 5.41) is 0. The van der Waals surface area contributed by atoms with Crippen LogP contribution in [0.25, 0.3) is 0 Å². The van der Waals surface area contributed by atoms with Crippen molar-refractivity contribution in [2.24, 2.45) is 0 Å². The molecule has 0 atom stereocenters. The molecule has 1 aliphatic rings. The lowest BCUT2D eigenvalue weighted by Crippen LogP contribution is -2.30. The molecule has 1 aliphatic heterocycles. The van der Waals surface area contributed by atoms with Crippen molar-refractivity contribution in [2.45, 2.75) is 4.90 Å². The second kappa shape index (κ2) is 4.19. The van der Waals surface area contributed by atoms with Crippen LogP contribution in [0.5, 0.6) is 0 Å². The molecule has 0 saturated carbocycles. The van der Waals surface area contributed by atoms with E-state index in [1.54, 1.807) is 25.2 Å². The number of amides is 2. The summed E-state index contributed by atoms with van der Waals surface area (Å²) in [6.45, 7) is 1.02. The van der Waals surface area contributed by atoms with Gasteiger partial charge in [-0.15, -0.1) is 0 Å². The number of hydrogen-bond donors (Lipinski definition) is 0. The van der Waals surface area contributed by atoms with E-state index in [0.717, 1.165) is 0 Å². The van der Waals surface area contributed by atoms with Gasteiger partial charge in [0.05, 0.1) is 5.69 Å². The third kappa shape index (κ3) is 2.23. The van der Waals surface area contributed by atoms with Gasteiger partial charge in [0.15, 0.2) is 0 Å². The molecule has 1 heterocycles. The first kappa shape index (κ1) is 12.2. The summed E-state index contributed by atoms with van der Waals surface area (Å²) in [7, 11) is 3.16. The standard InChI is InChI=1S/C10H11ClN2O3S/c1-12-6-7-13(10(12)14)8-4-2-3-5-9(8)17(11,15)16/h2-5H,6-7H2,1H3. The minimum atomic E-state index is -3.85. The molecular formula is C10H11ClN2O3S. The van der Waals surface area contributed by atoms with Gasteiger partial charge in [-0.25, -0.2) is 13.2 Å². The highest BCUT2D eigenvalue weighted by Gasteiger charge is 2.30. The third-order valence-electron chi connectivity index (χ3n) is 2.64. The smallest absolute Gasteiger partial charge is 0.324 e. The quantitative estimate of drug-likeness (QED) is 0.768. The number of halogens is 1. The molecule has 17 heavy (non-hydrogen) atoms. The van der Waals surface area contributed by atoms with Crippen LogP contribution in [0.2, 0.25) is 0 Å². The molecule has 5 nitrogen and oxygen atoms in total. The highest BCUT2D eigenvalue weighted by atomic mass is 35.7. The maximum atomic E-state index is 11.8. The zero-order valence-corrected chi connectivity index (χ0v) is 10.7. The molecule has 92 valence electrons. The van der Waals surface area contributed by atoms with Crippen molar-refractivity contribution in [1.82, 2.24) is 4.90 Å². The van der Waals surface area contributed by atoms with Gasteiger partial charge < -0.3 is 4.90 Å². The predicted octanol–water partition coefficient (Wildman–Crippen LogP) is 1.49. The van der Waals surface area contributed by atoms with Crippen molar-refractivity contribution in [3.63, 3.8) is 0 Å². The number of likely N-dealkylation sites (N-methyl/N-ethyl adjacent to an activating group) is 1. The average molecular weight is 275 g/mol. The van der Waals surface area contributed by atoms with E-state index < -0.39 is 9.05 Å². The number of rotatable bonds is 2. The zero-order chi connectivity index (χ0) is 12.6. The lowest BCUT2D eigenvalue weighted by molar-refractivity contribution is 0.229. The van der Waals surface area contributed by atoms with Gasteiger partial charge in [0, 0.05) is 30.8 Å². The molecule has 1 aromatic carbocycles. The highest BCUT2D eigenvalue weighted by molar-refractivity contribution is 8.13. The molecule has 1 saturated heterocycles. The Morgan fingerprint density at radius 1 is 1.24 bits per heavy atom. The van der Waals surface area contributed by atoms with Crippen LogP contribution in [0.3, 0.4) is 0 Å². The fraction of sp³-hybridized carbons (Fsp3) is 0.300. The molecule has 0 unspecified atom stereocenters. The Kier molecular flexibility index (Phi) is 3.01. The van der Waals surface area contributed by atoms with E-state index in [2.05, 4.69) is 0 Å². The van der Waals surface area contributed by atoms with Gasteiger partial charge >= 0.3 is 6.03 Å². The predicted molar refractivity (Wildman–Crippen MR) is 64.9 cm³/mol. The zero-order valence-electron chi connectivity index (χ0n) is 9.13. The van der Waals surface area contributed by atoms with Crippen LogP contribution < -0.4 is 4.90 Å². The summed E-state index contributed by atoms with van der Waals surface area (Å²) < 4.78 is 22.8. The minimum absolute atomic E-state index is 0.0367. The van der Waals surface area contributed by atoms with Crippen molar-refractivity contribution in [3.8, 4) is 0 Å². The number of hydrogen-bond acceptors (Lipinski definition) is 3. The molecule has 0 N–H and O–H groups in total. The van der Waals surface area contributed by atoms with Gasteiger partial charge in [-0.3, -0.25) is 4.90 Å². The number of benzene rings is 1. The largest absolute Gasteiger partial charge is 0.326 e. The Labute approximate surface area is 104 Å². The van der Waals surface area contributed by atoms with Gasteiger partial charge in [-0.1, -0.05) is 12.1 Å². The molecule has 0 bridgehead atoms. The van der Waals surface area contributed by atoms with Gasteiger partial charge in [-0.05, 0) is 12.1 Å². The normalized spacial score (nSPS) is 16.7. The number of nitrogens with zero attached hydrogens (tertiary/aromatic N) is 2. The van der Waals surface area contributed by atoms with Crippen LogP contribution >= 0.6 is 10.7 Å². The van der Waals surface area contributed by atoms with Crippen LogP contribution in [-0.4, -0.2) is 39.5 Å². The molecule has 0 aliphatic carbocycles. The molecule has 7 heteroatoms. The Morgan fingerprint density at radius 2 is 1.88 bits per heavy atom. The molecule has 2 amide bonds. The van der Waals surface area contributed by atoms with Crippen molar-refractivity contribution >= 4 is 31.5 Å². The van der Waals surface area contributed by atoms with E-state index in [0.29, 0.717) is 18.8 Å². The fourth-order valence-electron chi connectivity index (χ4n) is 1.76. The van der Waals surface area contributed by atoms with Crippen molar-refractivity contribution in [1.29, 1.82) is 0 Å². The number of anilines is 1.